The molecule has 2 aromatic carbocycles. The second-order valence-corrected chi connectivity index (χ2v) is 4.96. The van der Waals surface area contributed by atoms with E-state index in [0.29, 0.717) is 29.2 Å². The lowest BCUT2D eigenvalue weighted by Crippen LogP contribution is -2.05. The highest BCUT2D eigenvalue weighted by atomic mass is 79.9. The van der Waals surface area contributed by atoms with Crippen LogP contribution in [0, 0.1) is 0 Å². The monoisotopic (exact) mass is 334 g/mol. The van der Waals surface area contributed by atoms with Crippen LogP contribution in [0.15, 0.2) is 46.9 Å². The van der Waals surface area contributed by atoms with Gasteiger partial charge in [-0.3, -0.25) is 4.79 Å². The van der Waals surface area contributed by atoms with Gasteiger partial charge in [0.15, 0.2) is 5.78 Å². The molecule has 0 unspecified atom stereocenters. The van der Waals surface area contributed by atoms with Gasteiger partial charge in [-0.25, -0.2) is 0 Å². The van der Waals surface area contributed by atoms with Gasteiger partial charge in [-0.05, 0) is 53.2 Å². The molecule has 0 aromatic heterocycles. The van der Waals surface area contributed by atoms with Gasteiger partial charge in [-0.1, -0.05) is 12.1 Å². The molecule has 0 aliphatic rings. The van der Waals surface area contributed by atoms with Crippen LogP contribution >= 0.6 is 15.9 Å². The third kappa shape index (κ3) is 3.02. The molecule has 0 spiro atoms. The molecule has 4 heteroatoms. The first kappa shape index (κ1) is 14.6. The van der Waals surface area contributed by atoms with E-state index in [0.717, 1.165) is 4.47 Å². The molecule has 0 aliphatic carbocycles. The molecule has 0 N–H and O–H groups in total. The first-order valence-electron chi connectivity index (χ1n) is 6.27. The zero-order chi connectivity index (χ0) is 14.5. The Morgan fingerprint density at radius 1 is 1.15 bits per heavy atom. The van der Waals surface area contributed by atoms with E-state index in [-0.39, 0.29) is 5.78 Å². The third-order valence-electron chi connectivity index (χ3n) is 2.85. The topological polar surface area (TPSA) is 35.5 Å². The van der Waals surface area contributed by atoms with E-state index < -0.39 is 0 Å². The molecular weight excluding hydrogens is 320 g/mol. The van der Waals surface area contributed by atoms with Crippen molar-refractivity contribution in [2.24, 2.45) is 0 Å². The lowest BCUT2D eigenvalue weighted by Gasteiger charge is -2.10. The van der Waals surface area contributed by atoms with Crippen molar-refractivity contribution < 1.29 is 14.3 Å². The molecule has 0 atom stereocenters. The predicted molar refractivity (Wildman–Crippen MR) is 81.7 cm³/mol. The Morgan fingerprint density at radius 3 is 2.55 bits per heavy atom. The van der Waals surface area contributed by atoms with Crippen LogP contribution in [0.25, 0.3) is 0 Å². The summed E-state index contributed by atoms with van der Waals surface area (Å²) in [4.78, 5) is 12.6. The molecule has 0 bridgehead atoms. The Morgan fingerprint density at radius 2 is 1.90 bits per heavy atom. The van der Waals surface area contributed by atoms with Crippen molar-refractivity contribution in [1.29, 1.82) is 0 Å². The summed E-state index contributed by atoms with van der Waals surface area (Å²) in [5.74, 6) is 1.23. The molecule has 2 aromatic rings. The first-order chi connectivity index (χ1) is 9.67. The summed E-state index contributed by atoms with van der Waals surface area (Å²) in [6.45, 7) is 2.42. The highest BCUT2D eigenvalue weighted by Crippen LogP contribution is 2.28. The average molecular weight is 335 g/mol. The maximum Gasteiger partial charge on any atom is 0.196 e. The number of carbonyl (C=O) groups is 1. The van der Waals surface area contributed by atoms with Crippen molar-refractivity contribution in [2.75, 3.05) is 13.7 Å². The summed E-state index contributed by atoms with van der Waals surface area (Å²) in [7, 11) is 1.59. The minimum atomic E-state index is -0.0718. The van der Waals surface area contributed by atoms with Crippen LogP contribution in [-0.2, 0) is 0 Å². The second-order valence-electron chi connectivity index (χ2n) is 4.11. The number of hydrogen-bond acceptors (Lipinski definition) is 3. The van der Waals surface area contributed by atoms with Crippen LogP contribution in [0.1, 0.15) is 22.8 Å². The van der Waals surface area contributed by atoms with Crippen LogP contribution in [0.2, 0.25) is 0 Å². The maximum atomic E-state index is 12.6. The van der Waals surface area contributed by atoms with Crippen molar-refractivity contribution >= 4 is 21.7 Å². The Bertz CT molecular complexity index is 623. The SMILES string of the molecule is CCOc1ccccc1C(=O)c1ccc(OC)c(Br)c1. The van der Waals surface area contributed by atoms with Crippen molar-refractivity contribution in [1.82, 2.24) is 0 Å². The van der Waals surface area contributed by atoms with E-state index in [1.807, 2.05) is 19.1 Å². The molecule has 0 aliphatic heterocycles. The summed E-state index contributed by atoms with van der Waals surface area (Å²) in [6, 6.07) is 12.5. The van der Waals surface area contributed by atoms with Crippen molar-refractivity contribution in [3.8, 4) is 11.5 Å². The normalized spacial score (nSPS) is 10.2. The fraction of sp³-hybridized carbons (Fsp3) is 0.188. The smallest absolute Gasteiger partial charge is 0.196 e. The molecular formula is C16H15BrO3. The minimum absolute atomic E-state index is 0.0718. The lowest BCUT2D eigenvalue weighted by atomic mass is 10.0. The Balaban J connectivity index is 2.38. The van der Waals surface area contributed by atoms with Gasteiger partial charge in [0.25, 0.3) is 0 Å². The van der Waals surface area contributed by atoms with E-state index in [4.69, 9.17) is 9.47 Å². The Hall–Kier alpha value is -1.81. The van der Waals surface area contributed by atoms with Gasteiger partial charge in [0.05, 0.1) is 23.8 Å². The number of ketones is 1. The molecule has 0 amide bonds. The second kappa shape index (κ2) is 6.57. The number of halogens is 1. The molecule has 0 saturated carbocycles. The molecule has 0 saturated heterocycles. The van der Waals surface area contributed by atoms with E-state index in [1.165, 1.54) is 0 Å². The zero-order valence-electron chi connectivity index (χ0n) is 11.4. The molecule has 0 heterocycles. The van der Waals surface area contributed by atoms with Gasteiger partial charge < -0.3 is 9.47 Å². The van der Waals surface area contributed by atoms with E-state index in [2.05, 4.69) is 15.9 Å². The zero-order valence-corrected chi connectivity index (χ0v) is 12.9. The number of carbonyl (C=O) groups excluding carboxylic acids is 1. The minimum Gasteiger partial charge on any atom is -0.496 e. The predicted octanol–water partition coefficient (Wildman–Crippen LogP) is 4.09. The molecule has 0 radical (unpaired) electrons. The lowest BCUT2D eigenvalue weighted by molar-refractivity contribution is 0.103. The number of para-hydroxylation sites is 1. The fourth-order valence-corrected chi connectivity index (χ4v) is 2.44. The van der Waals surface area contributed by atoms with Crippen LogP contribution in [-0.4, -0.2) is 19.5 Å². The standard InChI is InChI=1S/C16H15BrO3/c1-3-20-14-7-5-4-6-12(14)16(18)11-8-9-15(19-2)13(17)10-11/h4-10H,3H2,1-2H3. The maximum absolute atomic E-state index is 12.6. The summed E-state index contributed by atoms with van der Waals surface area (Å²) >= 11 is 3.39. The van der Waals surface area contributed by atoms with Crippen LogP contribution < -0.4 is 9.47 Å². The van der Waals surface area contributed by atoms with E-state index in [1.54, 1.807) is 37.4 Å². The fourth-order valence-electron chi connectivity index (χ4n) is 1.90. The summed E-state index contributed by atoms with van der Waals surface area (Å²) in [5.41, 5.74) is 1.15. The van der Waals surface area contributed by atoms with Crippen molar-refractivity contribution in [3.05, 3.63) is 58.1 Å². The van der Waals surface area contributed by atoms with Crippen molar-refractivity contribution in [2.45, 2.75) is 6.92 Å². The average Bonchev–Trinajstić information content (AvgIpc) is 2.47. The van der Waals surface area contributed by atoms with Crippen LogP contribution in [0.5, 0.6) is 11.5 Å². The first-order valence-corrected chi connectivity index (χ1v) is 7.06. The van der Waals surface area contributed by atoms with Gasteiger partial charge in [-0.2, -0.15) is 0 Å². The summed E-state index contributed by atoms with van der Waals surface area (Å²) < 4.78 is 11.4. The number of hydrogen-bond donors (Lipinski definition) is 0. The van der Waals surface area contributed by atoms with Gasteiger partial charge >= 0.3 is 0 Å². The highest BCUT2D eigenvalue weighted by Gasteiger charge is 2.15. The summed E-state index contributed by atoms with van der Waals surface area (Å²) in [6.07, 6.45) is 0. The van der Waals surface area contributed by atoms with E-state index >= 15 is 0 Å². The largest absolute Gasteiger partial charge is 0.496 e. The number of rotatable bonds is 5. The Labute approximate surface area is 126 Å². The van der Waals surface area contributed by atoms with Crippen molar-refractivity contribution in [3.63, 3.8) is 0 Å². The van der Waals surface area contributed by atoms with Gasteiger partial charge in [0.1, 0.15) is 11.5 Å². The van der Waals surface area contributed by atoms with Crippen LogP contribution in [0.3, 0.4) is 0 Å². The number of ether oxygens (including phenoxy) is 2. The Kier molecular flexibility index (Phi) is 4.79. The molecule has 0 fully saturated rings. The summed E-state index contributed by atoms with van der Waals surface area (Å²) in [5, 5.41) is 0. The highest BCUT2D eigenvalue weighted by molar-refractivity contribution is 9.10. The van der Waals surface area contributed by atoms with Gasteiger partial charge in [0.2, 0.25) is 0 Å². The van der Waals surface area contributed by atoms with Gasteiger partial charge in [-0.15, -0.1) is 0 Å². The van der Waals surface area contributed by atoms with Gasteiger partial charge in [0, 0.05) is 5.56 Å². The molecule has 20 heavy (non-hydrogen) atoms. The third-order valence-corrected chi connectivity index (χ3v) is 3.47. The molecule has 3 nitrogen and oxygen atoms in total. The number of benzene rings is 2. The molecule has 104 valence electrons. The number of methoxy groups -OCH3 is 1. The van der Waals surface area contributed by atoms with Crippen LogP contribution in [0.4, 0.5) is 0 Å². The quantitative estimate of drug-likeness (QED) is 0.772. The molecule has 2 rings (SSSR count). The van der Waals surface area contributed by atoms with E-state index in [9.17, 15) is 4.79 Å².